The van der Waals surface area contributed by atoms with Crippen LogP contribution in [0.25, 0.3) is 0 Å². The van der Waals surface area contributed by atoms with Crippen LogP contribution < -0.4 is 5.73 Å². The summed E-state index contributed by atoms with van der Waals surface area (Å²) in [5, 5.41) is 1.14. The molecule has 0 fully saturated rings. The fourth-order valence-electron chi connectivity index (χ4n) is 1.44. The fraction of sp³-hybridized carbons (Fsp3) is 0.500. The summed E-state index contributed by atoms with van der Waals surface area (Å²) in [6.45, 7) is 6.49. The van der Waals surface area contributed by atoms with E-state index in [4.69, 9.17) is 28.9 Å². The summed E-state index contributed by atoms with van der Waals surface area (Å²) in [6, 6.07) is 5.61. The molecule has 0 aliphatic rings. The molecular formula is C12H17Cl2N. The zero-order chi connectivity index (χ0) is 11.6. The lowest BCUT2D eigenvalue weighted by Crippen LogP contribution is -2.23. The Morgan fingerprint density at radius 1 is 1.07 bits per heavy atom. The third-order valence-electron chi connectivity index (χ3n) is 2.95. The minimum atomic E-state index is 0.0137. The van der Waals surface area contributed by atoms with E-state index < -0.39 is 0 Å². The van der Waals surface area contributed by atoms with E-state index in [1.54, 1.807) is 6.07 Å². The van der Waals surface area contributed by atoms with Gasteiger partial charge < -0.3 is 5.73 Å². The van der Waals surface area contributed by atoms with Gasteiger partial charge in [-0.1, -0.05) is 50.0 Å². The van der Waals surface area contributed by atoms with Crippen LogP contribution in [-0.4, -0.2) is 0 Å². The average molecular weight is 246 g/mol. The van der Waals surface area contributed by atoms with Gasteiger partial charge in [-0.05, 0) is 29.5 Å². The summed E-state index contributed by atoms with van der Waals surface area (Å²) in [4.78, 5) is 0. The quantitative estimate of drug-likeness (QED) is 0.846. The molecular weight excluding hydrogens is 229 g/mol. The van der Waals surface area contributed by atoms with Crippen LogP contribution in [-0.2, 0) is 0 Å². The topological polar surface area (TPSA) is 26.0 Å². The zero-order valence-corrected chi connectivity index (χ0v) is 10.8. The summed E-state index contributed by atoms with van der Waals surface area (Å²) >= 11 is 11.8. The highest BCUT2D eigenvalue weighted by Gasteiger charge is 2.18. The van der Waals surface area contributed by atoms with Crippen LogP contribution in [0.3, 0.4) is 0 Å². The molecule has 1 aromatic rings. The molecule has 2 unspecified atom stereocenters. The lowest BCUT2D eigenvalue weighted by molar-refractivity contribution is 0.352. The van der Waals surface area contributed by atoms with Crippen molar-refractivity contribution in [1.82, 2.24) is 0 Å². The Bertz CT molecular complexity index is 336. The van der Waals surface area contributed by atoms with E-state index >= 15 is 0 Å². The molecule has 1 nitrogen and oxygen atoms in total. The standard InChI is InChI=1S/C12H17Cl2N/c1-7(2)8(3)12(15)9-4-5-10(13)11(14)6-9/h4-8,12H,15H2,1-3H3. The Morgan fingerprint density at radius 2 is 1.67 bits per heavy atom. The first kappa shape index (κ1) is 12.8. The molecule has 1 rings (SSSR count). The van der Waals surface area contributed by atoms with E-state index in [-0.39, 0.29) is 6.04 Å². The third kappa shape index (κ3) is 3.10. The van der Waals surface area contributed by atoms with E-state index in [1.807, 2.05) is 12.1 Å². The van der Waals surface area contributed by atoms with E-state index in [9.17, 15) is 0 Å². The zero-order valence-electron chi connectivity index (χ0n) is 9.30. The molecule has 15 heavy (non-hydrogen) atoms. The Labute approximate surface area is 102 Å². The van der Waals surface area contributed by atoms with Gasteiger partial charge in [0.25, 0.3) is 0 Å². The second-order valence-corrected chi connectivity index (χ2v) is 5.12. The van der Waals surface area contributed by atoms with Crippen LogP contribution >= 0.6 is 23.2 Å². The molecule has 0 saturated heterocycles. The van der Waals surface area contributed by atoms with E-state index in [2.05, 4.69) is 20.8 Å². The molecule has 0 radical (unpaired) electrons. The number of halogens is 2. The van der Waals surface area contributed by atoms with Gasteiger partial charge in [0.15, 0.2) is 0 Å². The first-order valence-electron chi connectivity index (χ1n) is 5.14. The van der Waals surface area contributed by atoms with Gasteiger partial charge >= 0.3 is 0 Å². The second kappa shape index (κ2) is 5.20. The average Bonchev–Trinajstić information content (AvgIpc) is 2.19. The number of hydrogen-bond donors (Lipinski definition) is 1. The molecule has 0 bridgehead atoms. The molecule has 0 spiro atoms. The van der Waals surface area contributed by atoms with Gasteiger partial charge in [0.1, 0.15) is 0 Å². The van der Waals surface area contributed by atoms with Crippen LogP contribution in [0.1, 0.15) is 32.4 Å². The van der Waals surface area contributed by atoms with Crippen LogP contribution in [0, 0.1) is 11.8 Å². The monoisotopic (exact) mass is 245 g/mol. The lowest BCUT2D eigenvalue weighted by atomic mass is 9.87. The number of hydrogen-bond acceptors (Lipinski definition) is 1. The minimum Gasteiger partial charge on any atom is -0.324 e. The molecule has 2 atom stereocenters. The van der Waals surface area contributed by atoms with Gasteiger partial charge in [0, 0.05) is 6.04 Å². The smallest absolute Gasteiger partial charge is 0.0595 e. The maximum atomic E-state index is 6.16. The number of benzene rings is 1. The van der Waals surface area contributed by atoms with Crippen molar-refractivity contribution in [3.63, 3.8) is 0 Å². The minimum absolute atomic E-state index is 0.0137. The molecule has 0 amide bonds. The summed E-state index contributed by atoms with van der Waals surface area (Å²) < 4.78 is 0. The Hall–Kier alpha value is -0.240. The third-order valence-corrected chi connectivity index (χ3v) is 3.69. The summed E-state index contributed by atoms with van der Waals surface area (Å²) in [7, 11) is 0. The fourth-order valence-corrected chi connectivity index (χ4v) is 1.74. The molecule has 0 heterocycles. The SMILES string of the molecule is CC(C)C(C)C(N)c1ccc(Cl)c(Cl)c1. The van der Waals surface area contributed by atoms with Crippen molar-refractivity contribution in [3.8, 4) is 0 Å². The maximum absolute atomic E-state index is 6.16. The van der Waals surface area contributed by atoms with E-state index in [0.29, 0.717) is 21.9 Å². The molecule has 0 aromatic heterocycles. The Kier molecular flexibility index (Phi) is 4.45. The molecule has 0 aliphatic carbocycles. The summed E-state index contributed by atoms with van der Waals surface area (Å²) in [5.41, 5.74) is 7.20. The highest BCUT2D eigenvalue weighted by molar-refractivity contribution is 6.42. The van der Waals surface area contributed by atoms with Gasteiger partial charge in [-0.25, -0.2) is 0 Å². The van der Waals surface area contributed by atoms with E-state index in [1.165, 1.54) is 0 Å². The van der Waals surface area contributed by atoms with Crippen molar-refractivity contribution in [1.29, 1.82) is 0 Å². The van der Waals surface area contributed by atoms with Crippen molar-refractivity contribution < 1.29 is 0 Å². The first-order valence-corrected chi connectivity index (χ1v) is 5.89. The first-order chi connectivity index (χ1) is 6.93. The van der Waals surface area contributed by atoms with Crippen molar-refractivity contribution in [2.75, 3.05) is 0 Å². The van der Waals surface area contributed by atoms with Crippen LogP contribution in [0.2, 0.25) is 10.0 Å². The molecule has 0 saturated carbocycles. The Balaban J connectivity index is 2.91. The summed E-state index contributed by atoms with van der Waals surface area (Å²) in [6.07, 6.45) is 0. The van der Waals surface area contributed by atoms with Crippen molar-refractivity contribution >= 4 is 23.2 Å². The van der Waals surface area contributed by atoms with Gasteiger partial charge in [-0.15, -0.1) is 0 Å². The van der Waals surface area contributed by atoms with Crippen LogP contribution in [0.15, 0.2) is 18.2 Å². The van der Waals surface area contributed by atoms with Gasteiger partial charge in [-0.3, -0.25) is 0 Å². The van der Waals surface area contributed by atoms with Crippen molar-refractivity contribution in [2.45, 2.75) is 26.8 Å². The van der Waals surface area contributed by atoms with Crippen molar-refractivity contribution in [3.05, 3.63) is 33.8 Å². The molecule has 2 N–H and O–H groups in total. The number of rotatable bonds is 3. The van der Waals surface area contributed by atoms with Crippen LogP contribution in [0.4, 0.5) is 0 Å². The van der Waals surface area contributed by atoms with Gasteiger partial charge in [-0.2, -0.15) is 0 Å². The van der Waals surface area contributed by atoms with Gasteiger partial charge in [0.2, 0.25) is 0 Å². The van der Waals surface area contributed by atoms with Crippen molar-refractivity contribution in [2.24, 2.45) is 17.6 Å². The second-order valence-electron chi connectivity index (χ2n) is 4.30. The molecule has 1 aromatic carbocycles. The largest absolute Gasteiger partial charge is 0.324 e. The molecule has 0 aliphatic heterocycles. The highest BCUT2D eigenvalue weighted by atomic mass is 35.5. The predicted octanol–water partition coefficient (Wildman–Crippen LogP) is 4.29. The maximum Gasteiger partial charge on any atom is 0.0595 e. The number of nitrogens with two attached hydrogens (primary N) is 1. The Morgan fingerprint density at radius 3 is 2.13 bits per heavy atom. The normalized spacial score (nSPS) is 15.4. The predicted molar refractivity (Wildman–Crippen MR) is 67.4 cm³/mol. The lowest BCUT2D eigenvalue weighted by Gasteiger charge is -2.23. The highest BCUT2D eigenvalue weighted by Crippen LogP contribution is 2.30. The van der Waals surface area contributed by atoms with E-state index in [0.717, 1.165) is 5.56 Å². The summed E-state index contributed by atoms with van der Waals surface area (Å²) in [5.74, 6) is 0.969. The van der Waals surface area contributed by atoms with Gasteiger partial charge in [0.05, 0.1) is 10.0 Å². The van der Waals surface area contributed by atoms with Crippen LogP contribution in [0.5, 0.6) is 0 Å². The molecule has 3 heteroatoms. The molecule has 84 valence electrons.